The maximum Gasteiger partial charge on any atom is 0.121 e. The first-order chi connectivity index (χ1) is 7.36. The Morgan fingerprint density at radius 2 is 2.47 bits per heavy atom. The Morgan fingerprint density at radius 3 is 3.13 bits per heavy atom. The van der Waals surface area contributed by atoms with Crippen LogP contribution in [0.4, 0.5) is 0 Å². The first-order valence-corrected chi connectivity index (χ1v) is 5.26. The molecule has 0 amide bonds. The quantitative estimate of drug-likeness (QED) is 0.816. The predicted molar refractivity (Wildman–Crippen MR) is 57.2 cm³/mol. The third-order valence-electron chi connectivity index (χ3n) is 2.44. The Hall–Kier alpha value is -1.35. The van der Waals surface area contributed by atoms with Crippen molar-refractivity contribution in [3.63, 3.8) is 0 Å². The van der Waals surface area contributed by atoms with Gasteiger partial charge in [-0.25, -0.2) is 0 Å². The van der Waals surface area contributed by atoms with Gasteiger partial charge in [0, 0.05) is 18.8 Å². The molecule has 1 atom stereocenters. The summed E-state index contributed by atoms with van der Waals surface area (Å²) in [4.78, 5) is 4.01. The largest absolute Gasteiger partial charge is 0.495 e. The van der Waals surface area contributed by atoms with Crippen LogP contribution in [0.15, 0.2) is 36.4 Å². The summed E-state index contributed by atoms with van der Waals surface area (Å²) in [6, 6.07) is 3.83. The standard InChI is InChI=1S/C12H15NO2/c14-11(12-5-1-2-7-15-12)8-10-4-3-6-13-9-10/h3-6,9,11,14H,1-2,7-8H2. The van der Waals surface area contributed by atoms with Crippen LogP contribution in [-0.2, 0) is 11.2 Å². The lowest BCUT2D eigenvalue weighted by atomic mass is 10.1. The maximum atomic E-state index is 9.91. The van der Waals surface area contributed by atoms with Crippen LogP contribution in [0.1, 0.15) is 18.4 Å². The molecule has 2 heterocycles. The maximum absolute atomic E-state index is 9.91. The molecular weight excluding hydrogens is 190 g/mol. The van der Waals surface area contributed by atoms with Crippen molar-refractivity contribution in [2.75, 3.05) is 6.61 Å². The van der Waals surface area contributed by atoms with Crippen molar-refractivity contribution in [3.05, 3.63) is 41.9 Å². The van der Waals surface area contributed by atoms with Gasteiger partial charge in [-0.1, -0.05) is 6.07 Å². The van der Waals surface area contributed by atoms with E-state index in [1.165, 1.54) is 0 Å². The zero-order valence-electron chi connectivity index (χ0n) is 8.60. The fourth-order valence-corrected chi connectivity index (χ4v) is 1.65. The number of aliphatic hydroxyl groups is 1. The molecule has 1 N–H and O–H groups in total. The number of hydrogen-bond acceptors (Lipinski definition) is 3. The number of hydrogen-bond donors (Lipinski definition) is 1. The fourth-order valence-electron chi connectivity index (χ4n) is 1.65. The second-order valence-electron chi connectivity index (χ2n) is 3.68. The highest BCUT2D eigenvalue weighted by Gasteiger charge is 2.15. The average molecular weight is 205 g/mol. The molecule has 1 aliphatic rings. The summed E-state index contributed by atoms with van der Waals surface area (Å²) in [5, 5.41) is 9.91. The van der Waals surface area contributed by atoms with Gasteiger partial charge in [0.25, 0.3) is 0 Å². The number of allylic oxidation sites excluding steroid dienone is 1. The topological polar surface area (TPSA) is 42.4 Å². The molecule has 0 saturated heterocycles. The molecule has 0 fully saturated rings. The lowest BCUT2D eigenvalue weighted by Gasteiger charge is -2.19. The molecule has 0 bridgehead atoms. The molecule has 15 heavy (non-hydrogen) atoms. The van der Waals surface area contributed by atoms with Crippen molar-refractivity contribution >= 4 is 0 Å². The molecule has 1 aliphatic heterocycles. The predicted octanol–water partition coefficient (Wildman–Crippen LogP) is 1.68. The second kappa shape index (κ2) is 4.94. The molecule has 0 aromatic carbocycles. The minimum Gasteiger partial charge on any atom is -0.495 e. The average Bonchev–Trinajstić information content (AvgIpc) is 2.31. The van der Waals surface area contributed by atoms with Crippen LogP contribution < -0.4 is 0 Å². The van der Waals surface area contributed by atoms with E-state index in [2.05, 4.69) is 4.98 Å². The van der Waals surface area contributed by atoms with E-state index < -0.39 is 6.10 Å². The molecular formula is C12H15NO2. The Kier molecular flexibility index (Phi) is 3.35. The second-order valence-corrected chi connectivity index (χ2v) is 3.68. The van der Waals surface area contributed by atoms with Gasteiger partial charge < -0.3 is 9.84 Å². The summed E-state index contributed by atoms with van der Waals surface area (Å²) in [5.74, 6) is 0.713. The van der Waals surface area contributed by atoms with E-state index in [9.17, 15) is 5.11 Å². The van der Waals surface area contributed by atoms with E-state index in [0.29, 0.717) is 12.2 Å². The third-order valence-corrected chi connectivity index (χ3v) is 2.44. The summed E-state index contributed by atoms with van der Waals surface area (Å²) < 4.78 is 5.40. The molecule has 3 heteroatoms. The van der Waals surface area contributed by atoms with Crippen molar-refractivity contribution in [2.24, 2.45) is 0 Å². The first kappa shape index (κ1) is 10.2. The number of rotatable bonds is 3. The van der Waals surface area contributed by atoms with Crippen molar-refractivity contribution in [1.29, 1.82) is 0 Å². The molecule has 0 radical (unpaired) electrons. The third kappa shape index (κ3) is 2.80. The number of aliphatic hydroxyl groups excluding tert-OH is 1. The van der Waals surface area contributed by atoms with Crippen molar-refractivity contribution < 1.29 is 9.84 Å². The van der Waals surface area contributed by atoms with Gasteiger partial charge in [-0.15, -0.1) is 0 Å². The van der Waals surface area contributed by atoms with E-state index in [0.717, 1.165) is 25.0 Å². The van der Waals surface area contributed by atoms with Gasteiger partial charge in [0.15, 0.2) is 0 Å². The molecule has 1 unspecified atom stereocenters. The molecule has 0 saturated carbocycles. The number of ether oxygens (including phenoxy) is 1. The molecule has 1 aromatic heterocycles. The summed E-state index contributed by atoms with van der Waals surface area (Å²) in [5.41, 5.74) is 1.03. The zero-order valence-corrected chi connectivity index (χ0v) is 8.60. The highest BCUT2D eigenvalue weighted by Crippen LogP contribution is 2.16. The van der Waals surface area contributed by atoms with Crippen molar-refractivity contribution in [2.45, 2.75) is 25.4 Å². The monoisotopic (exact) mass is 205 g/mol. The van der Waals surface area contributed by atoms with Crippen LogP contribution in [0.25, 0.3) is 0 Å². The Balaban J connectivity index is 1.97. The summed E-state index contributed by atoms with van der Waals surface area (Å²) in [6.45, 7) is 0.718. The van der Waals surface area contributed by atoms with Gasteiger partial charge >= 0.3 is 0 Å². The minimum absolute atomic E-state index is 0.533. The number of nitrogens with zero attached hydrogens (tertiary/aromatic N) is 1. The van der Waals surface area contributed by atoms with Crippen LogP contribution in [-0.4, -0.2) is 22.8 Å². The van der Waals surface area contributed by atoms with Crippen molar-refractivity contribution in [3.8, 4) is 0 Å². The van der Waals surface area contributed by atoms with Gasteiger partial charge in [-0.2, -0.15) is 0 Å². The van der Waals surface area contributed by atoms with E-state index in [-0.39, 0.29) is 0 Å². The van der Waals surface area contributed by atoms with Gasteiger partial charge in [-0.3, -0.25) is 4.98 Å². The van der Waals surface area contributed by atoms with Crippen LogP contribution in [0.5, 0.6) is 0 Å². The molecule has 2 rings (SSSR count). The molecule has 0 spiro atoms. The summed E-state index contributed by atoms with van der Waals surface area (Å²) in [7, 11) is 0. The lowest BCUT2D eigenvalue weighted by Crippen LogP contribution is -2.18. The van der Waals surface area contributed by atoms with Crippen molar-refractivity contribution in [1.82, 2.24) is 4.98 Å². The molecule has 80 valence electrons. The van der Waals surface area contributed by atoms with Crippen LogP contribution >= 0.6 is 0 Å². The molecule has 1 aromatic rings. The van der Waals surface area contributed by atoms with Gasteiger partial charge in [-0.05, 0) is 30.5 Å². The molecule has 3 nitrogen and oxygen atoms in total. The van der Waals surface area contributed by atoms with Crippen LogP contribution in [0.2, 0.25) is 0 Å². The van der Waals surface area contributed by atoms with E-state index in [4.69, 9.17) is 4.74 Å². The molecule has 0 aliphatic carbocycles. The normalized spacial score (nSPS) is 17.8. The van der Waals surface area contributed by atoms with E-state index >= 15 is 0 Å². The Bertz CT molecular complexity index is 335. The Morgan fingerprint density at radius 1 is 1.53 bits per heavy atom. The van der Waals surface area contributed by atoms with E-state index in [1.54, 1.807) is 12.4 Å². The fraction of sp³-hybridized carbons (Fsp3) is 0.417. The lowest BCUT2D eigenvalue weighted by molar-refractivity contribution is 0.0917. The summed E-state index contributed by atoms with van der Waals surface area (Å²) in [6.07, 6.45) is 7.56. The smallest absolute Gasteiger partial charge is 0.121 e. The minimum atomic E-state index is -0.533. The number of pyridine rings is 1. The van der Waals surface area contributed by atoms with Gasteiger partial charge in [0.1, 0.15) is 11.9 Å². The van der Waals surface area contributed by atoms with E-state index in [1.807, 2.05) is 18.2 Å². The SMILES string of the molecule is OC(Cc1cccnc1)C1=CCCCO1. The van der Waals surface area contributed by atoms with Crippen LogP contribution in [0, 0.1) is 0 Å². The summed E-state index contributed by atoms with van der Waals surface area (Å²) >= 11 is 0. The highest BCUT2D eigenvalue weighted by atomic mass is 16.5. The number of aromatic nitrogens is 1. The zero-order chi connectivity index (χ0) is 10.5. The Labute approximate surface area is 89.4 Å². The first-order valence-electron chi connectivity index (χ1n) is 5.26. The van der Waals surface area contributed by atoms with Gasteiger partial charge in [0.05, 0.1) is 6.61 Å². The van der Waals surface area contributed by atoms with Crippen LogP contribution in [0.3, 0.4) is 0 Å². The highest BCUT2D eigenvalue weighted by molar-refractivity contribution is 5.14. The van der Waals surface area contributed by atoms with Gasteiger partial charge in [0.2, 0.25) is 0 Å².